The quantitative estimate of drug-likeness (QED) is 0.235. The lowest BCUT2D eigenvalue weighted by Crippen LogP contribution is -2.63. The Bertz CT molecular complexity index is 1290. The van der Waals surface area contributed by atoms with E-state index in [1.165, 1.54) is 5.57 Å². The summed E-state index contributed by atoms with van der Waals surface area (Å²) >= 11 is 0. The van der Waals surface area contributed by atoms with E-state index in [-0.39, 0.29) is 18.1 Å². The van der Waals surface area contributed by atoms with Crippen molar-refractivity contribution in [3.05, 3.63) is 11.6 Å². The molecule has 1 spiro atoms. The Kier molecular flexibility index (Phi) is 9.38. The van der Waals surface area contributed by atoms with Gasteiger partial charge in [0.15, 0.2) is 18.4 Å². The van der Waals surface area contributed by atoms with E-state index < -0.39 is 78.7 Å². The van der Waals surface area contributed by atoms with Crippen LogP contribution in [0.5, 0.6) is 0 Å². The molecular formula is C38H60O12. The molecule has 7 fully saturated rings. The van der Waals surface area contributed by atoms with Crippen LogP contribution in [0.1, 0.15) is 86.0 Å². The fourth-order valence-electron chi connectivity index (χ4n) is 12.4. The Morgan fingerprint density at radius 1 is 0.820 bits per heavy atom. The van der Waals surface area contributed by atoms with Crippen LogP contribution in [0.2, 0.25) is 0 Å². The molecule has 0 radical (unpaired) electrons. The lowest BCUT2D eigenvalue weighted by molar-refractivity contribution is -0.362. The van der Waals surface area contributed by atoms with E-state index in [1.807, 2.05) is 0 Å². The van der Waals surface area contributed by atoms with Gasteiger partial charge in [-0.05, 0) is 80.5 Å². The van der Waals surface area contributed by atoms with Crippen molar-refractivity contribution in [2.75, 3.05) is 13.2 Å². The number of hydrogen-bond donors (Lipinski definition) is 6. The summed E-state index contributed by atoms with van der Waals surface area (Å²) in [6, 6.07) is 0. The zero-order chi connectivity index (χ0) is 35.5. The minimum Gasteiger partial charge on any atom is -0.393 e. The van der Waals surface area contributed by atoms with Crippen LogP contribution in [-0.4, -0.2) is 123 Å². The zero-order valence-electron chi connectivity index (χ0n) is 30.2. The molecule has 8 rings (SSSR count). The molecule has 21 atom stereocenters. The van der Waals surface area contributed by atoms with E-state index in [0.717, 1.165) is 45.1 Å². The molecule has 4 heterocycles. The van der Waals surface area contributed by atoms with E-state index in [1.54, 1.807) is 6.92 Å². The van der Waals surface area contributed by atoms with Gasteiger partial charge in [-0.25, -0.2) is 0 Å². The molecule has 4 aliphatic carbocycles. The Balaban J connectivity index is 1.04. The molecule has 12 nitrogen and oxygen atoms in total. The molecule has 3 saturated carbocycles. The summed E-state index contributed by atoms with van der Waals surface area (Å²) in [5.74, 6) is 2.08. The summed E-state index contributed by atoms with van der Waals surface area (Å²) in [5, 5.41) is 64.1. The number of rotatable bonds is 4. The van der Waals surface area contributed by atoms with Gasteiger partial charge in [-0.3, -0.25) is 0 Å². The minimum atomic E-state index is -1.60. The van der Waals surface area contributed by atoms with Crippen molar-refractivity contribution in [3.63, 3.8) is 0 Å². The van der Waals surface area contributed by atoms with Crippen LogP contribution in [0.3, 0.4) is 0 Å². The maximum Gasteiger partial charge on any atom is 0.187 e. The minimum absolute atomic E-state index is 0.134. The van der Waals surface area contributed by atoms with E-state index in [0.29, 0.717) is 48.3 Å². The Morgan fingerprint density at radius 2 is 1.60 bits per heavy atom. The van der Waals surface area contributed by atoms with E-state index in [2.05, 4.69) is 33.8 Å². The first-order valence-corrected chi connectivity index (χ1v) is 19.4. The Morgan fingerprint density at radius 3 is 2.34 bits per heavy atom. The molecule has 12 heteroatoms. The predicted octanol–water partition coefficient (Wildman–Crippen LogP) is 2.00. The van der Waals surface area contributed by atoms with Crippen molar-refractivity contribution in [3.8, 4) is 0 Å². The molecule has 6 N–H and O–H groups in total. The van der Waals surface area contributed by atoms with Crippen LogP contribution in [0.15, 0.2) is 11.6 Å². The Hall–Kier alpha value is -0.740. The molecule has 0 amide bonds. The summed E-state index contributed by atoms with van der Waals surface area (Å²) in [6.07, 6.45) is -3.26. The molecule has 4 aliphatic heterocycles. The van der Waals surface area contributed by atoms with Crippen molar-refractivity contribution in [1.82, 2.24) is 0 Å². The van der Waals surface area contributed by atoms with Gasteiger partial charge < -0.3 is 59.1 Å². The van der Waals surface area contributed by atoms with Gasteiger partial charge in [0.05, 0.1) is 37.6 Å². The van der Waals surface area contributed by atoms with Crippen molar-refractivity contribution < 1.29 is 59.1 Å². The van der Waals surface area contributed by atoms with Crippen molar-refractivity contribution in [1.29, 1.82) is 0 Å². The van der Waals surface area contributed by atoms with Gasteiger partial charge in [0.25, 0.3) is 0 Å². The van der Waals surface area contributed by atoms with Crippen LogP contribution in [-0.2, 0) is 28.4 Å². The summed E-state index contributed by atoms with van der Waals surface area (Å²) < 4.78 is 38.0. The van der Waals surface area contributed by atoms with E-state index in [4.69, 9.17) is 28.4 Å². The highest BCUT2D eigenvalue weighted by atomic mass is 16.8. The molecule has 8 aliphatic rings. The largest absolute Gasteiger partial charge is 0.393 e. The van der Waals surface area contributed by atoms with Crippen LogP contribution in [0.25, 0.3) is 0 Å². The average molecular weight is 709 g/mol. The summed E-state index contributed by atoms with van der Waals surface area (Å²) in [5.41, 5.74) is 0.917. The van der Waals surface area contributed by atoms with Gasteiger partial charge in [0.1, 0.15) is 36.6 Å². The second-order valence-electron chi connectivity index (χ2n) is 17.9. The fraction of sp³-hybridized carbons (Fsp3) is 0.947. The maximum atomic E-state index is 11.1. The van der Waals surface area contributed by atoms with Gasteiger partial charge in [-0.2, -0.15) is 0 Å². The molecule has 0 aromatic carbocycles. The van der Waals surface area contributed by atoms with Crippen molar-refractivity contribution in [2.24, 2.45) is 46.3 Å². The highest BCUT2D eigenvalue weighted by molar-refractivity contribution is 5.28. The molecule has 0 unspecified atom stereocenters. The third-order valence-corrected chi connectivity index (χ3v) is 15.2. The zero-order valence-corrected chi connectivity index (χ0v) is 30.2. The second kappa shape index (κ2) is 12.9. The number of ether oxygens (including phenoxy) is 6. The fourth-order valence-corrected chi connectivity index (χ4v) is 12.4. The monoisotopic (exact) mass is 708 g/mol. The third-order valence-electron chi connectivity index (χ3n) is 15.2. The molecule has 0 aromatic heterocycles. The molecule has 0 bridgehead atoms. The standard InChI is InChI=1S/C38H60O12/c1-17-8-11-38(46-15-17)18(2)28-26(50-38)14-24-22-7-6-20-12-21(39)13-27(37(20,5)23(22)9-10-36(24,28)4)48-35-33(30(42)25(40)16-45-35)49-34-32(44)31(43)29(41)19(3)47-34/h6,17-19,21-35,39-44H,7-16H2,1-5H3/t17-,18+,19-,21+,22-,23-,24-,25-,26+,27-,28+,29-,30+,31+,32-,33-,34+,35+,36+,37+,38-/m1/s1. The normalized spacial score (nSPS) is 59.3. The van der Waals surface area contributed by atoms with Crippen molar-refractivity contribution in [2.45, 2.75) is 165 Å². The third kappa shape index (κ3) is 5.45. The highest BCUT2D eigenvalue weighted by Crippen LogP contribution is 2.71. The van der Waals surface area contributed by atoms with Gasteiger partial charge in [0, 0.05) is 24.2 Å². The van der Waals surface area contributed by atoms with Crippen LogP contribution in [0.4, 0.5) is 0 Å². The van der Waals surface area contributed by atoms with E-state index >= 15 is 0 Å². The summed E-state index contributed by atoms with van der Waals surface area (Å²) in [6.45, 7) is 11.5. The van der Waals surface area contributed by atoms with Crippen LogP contribution in [0, 0.1) is 46.3 Å². The van der Waals surface area contributed by atoms with E-state index in [9.17, 15) is 30.6 Å². The average Bonchev–Trinajstić information content (AvgIpc) is 3.53. The van der Waals surface area contributed by atoms with Gasteiger partial charge in [0.2, 0.25) is 0 Å². The van der Waals surface area contributed by atoms with Crippen LogP contribution >= 0.6 is 0 Å². The predicted molar refractivity (Wildman–Crippen MR) is 177 cm³/mol. The first-order valence-electron chi connectivity index (χ1n) is 19.4. The number of hydrogen-bond acceptors (Lipinski definition) is 12. The van der Waals surface area contributed by atoms with Crippen LogP contribution < -0.4 is 0 Å². The smallest absolute Gasteiger partial charge is 0.187 e. The van der Waals surface area contributed by atoms with Gasteiger partial charge in [-0.1, -0.05) is 39.3 Å². The second-order valence-corrected chi connectivity index (χ2v) is 17.9. The molecule has 0 aromatic rings. The Labute approximate surface area is 295 Å². The topological polar surface area (TPSA) is 177 Å². The van der Waals surface area contributed by atoms with Gasteiger partial charge in [-0.15, -0.1) is 0 Å². The summed E-state index contributed by atoms with van der Waals surface area (Å²) in [4.78, 5) is 0. The molecule has 284 valence electrons. The number of fused-ring (bicyclic) bond motifs is 7. The lowest BCUT2D eigenvalue weighted by Gasteiger charge is -2.60. The SMILES string of the molecule is C[C@@H]1CC[C@@]2(OC1)O[C@H]1C[C@@H]3[C@@H]4CC=C5C[C@H](O)C[C@@H](O[C@@H]6OC[C@@H](O)[C@H](O)[C@H]6O[C@@H]6O[C@H](C)[C@@H](O)[C@H](O)[C@H]6O)[C@]5(C)[C@@H]4CC[C@]3(C)[C@H]1[C@@H]2C. The molecule has 50 heavy (non-hydrogen) atoms. The van der Waals surface area contributed by atoms with Gasteiger partial charge >= 0.3 is 0 Å². The number of allylic oxidation sites excluding steroid dienone is 1. The number of aliphatic hydroxyl groups excluding tert-OH is 6. The maximum absolute atomic E-state index is 11.1. The summed E-state index contributed by atoms with van der Waals surface area (Å²) in [7, 11) is 0. The highest BCUT2D eigenvalue weighted by Gasteiger charge is 2.69. The molecule has 4 saturated heterocycles. The lowest BCUT2D eigenvalue weighted by atomic mass is 9.46. The molecular weight excluding hydrogens is 648 g/mol. The first-order chi connectivity index (χ1) is 23.7. The first kappa shape index (κ1) is 36.2. The number of aliphatic hydroxyl groups is 6. The van der Waals surface area contributed by atoms with Crippen molar-refractivity contribution >= 4 is 0 Å².